The second-order valence-corrected chi connectivity index (χ2v) is 5.65. The fraction of sp³-hybridized carbons (Fsp3) is 0.118. The average molecular weight is 324 g/mol. The van der Waals surface area contributed by atoms with Gasteiger partial charge in [0.2, 0.25) is 5.13 Å². The van der Waals surface area contributed by atoms with E-state index in [0.717, 1.165) is 33.5 Å². The Labute approximate surface area is 138 Å². The molecule has 0 aliphatic rings. The van der Waals surface area contributed by atoms with Crippen molar-refractivity contribution in [3.05, 3.63) is 59.7 Å². The average Bonchev–Trinajstić information content (AvgIpc) is 3.09. The number of ether oxygens (including phenoxy) is 1. The first kappa shape index (κ1) is 15.2. The Hall–Kier alpha value is -2.73. The number of pyridine rings is 1. The Morgan fingerprint density at radius 2 is 2.13 bits per heavy atom. The number of methoxy groups -OCH3 is 1. The van der Waals surface area contributed by atoms with Crippen molar-refractivity contribution in [1.82, 2.24) is 9.97 Å². The van der Waals surface area contributed by atoms with Gasteiger partial charge >= 0.3 is 0 Å². The third-order valence-electron chi connectivity index (χ3n) is 3.22. The van der Waals surface area contributed by atoms with Crippen LogP contribution in [0.5, 0.6) is 5.75 Å². The molecule has 5 nitrogen and oxygen atoms in total. The van der Waals surface area contributed by atoms with Crippen LogP contribution < -0.4 is 10.2 Å². The zero-order valence-electron chi connectivity index (χ0n) is 12.9. The predicted octanol–water partition coefficient (Wildman–Crippen LogP) is 4.05. The minimum atomic E-state index is 0.734. The van der Waals surface area contributed by atoms with E-state index in [4.69, 9.17) is 4.74 Å². The molecule has 0 fully saturated rings. The molecule has 0 unspecified atom stereocenters. The van der Waals surface area contributed by atoms with Crippen molar-refractivity contribution in [3.63, 3.8) is 0 Å². The number of nitrogens with one attached hydrogen (secondary N) is 1. The van der Waals surface area contributed by atoms with Gasteiger partial charge in [-0.15, -0.1) is 11.3 Å². The van der Waals surface area contributed by atoms with Crippen molar-refractivity contribution in [2.75, 3.05) is 12.5 Å². The topological polar surface area (TPSA) is 59.4 Å². The summed E-state index contributed by atoms with van der Waals surface area (Å²) in [6.45, 7) is 1.91. The molecule has 0 radical (unpaired) electrons. The van der Waals surface area contributed by atoms with Gasteiger partial charge in [0.05, 0.1) is 24.2 Å². The molecule has 0 saturated heterocycles. The largest absolute Gasteiger partial charge is 0.497 e. The van der Waals surface area contributed by atoms with Crippen LogP contribution in [0.1, 0.15) is 12.6 Å². The number of thiazole rings is 1. The summed E-state index contributed by atoms with van der Waals surface area (Å²) in [5.41, 5.74) is 6.54. The monoisotopic (exact) mass is 324 g/mol. The van der Waals surface area contributed by atoms with Crippen LogP contribution in [-0.4, -0.2) is 22.8 Å². The molecule has 0 spiro atoms. The molecule has 1 aromatic carbocycles. The summed E-state index contributed by atoms with van der Waals surface area (Å²) >= 11 is 1.50. The SMILES string of the molecule is COc1cccc(-c2csc(N/N=C(\C)c3ccccn3)n2)c1. The first-order valence-electron chi connectivity index (χ1n) is 7.08. The fourth-order valence-electron chi connectivity index (χ4n) is 2.01. The minimum absolute atomic E-state index is 0.734. The molecule has 0 amide bonds. The third kappa shape index (κ3) is 3.73. The van der Waals surface area contributed by atoms with Crippen LogP contribution in [0.25, 0.3) is 11.3 Å². The maximum atomic E-state index is 5.24. The number of rotatable bonds is 5. The van der Waals surface area contributed by atoms with E-state index in [2.05, 4.69) is 20.5 Å². The number of benzene rings is 1. The molecular formula is C17H16N4OS. The molecule has 2 heterocycles. The molecule has 1 N–H and O–H groups in total. The number of anilines is 1. The van der Waals surface area contributed by atoms with Crippen molar-refractivity contribution in [2.24, 2.45) is 5.10 Å². The zero-order valence-corrected chi connectivity index (χ0v) is 13.7. The number of hydrogen-bond donors (Lipinski definition) is 1. The predicted molar refractivity (Wildman–Crippen MR) is 94.2 cm³/mol. The first-order chi connectivity index (χ1) is 11.3. The molecule has 3 rings (SSSR count). The molecule has 2 aromatic heterocycles. The summed E-state index contributed by atoms with van der Waals surface area (Å²) in [4.78, 5) is 8.81. The van der Waals surface area contributed by atoms with Gasteiger partial charge in [0.15, 0.2) is 0 Å². The van der Waals surface area contributed by atoms with Gasteiger partial charge in [-0.05, 0) is 31.2 Å². The Kier molecular flexibility index (Phi) is 4.63. The van der Waals surface area contributed by atoms with Crippen LogP contribution in [0, 0.1) is 0 Å². The Bertz CT molecular complexity index is 814. The van der Waals surface area contributed by atoms with Crippen molar-refractivity contribution in [3.8, 4) is 17.0 Å². The summed E-state index contributed by atoms with van der Waals surface area (Å²) in [6, 6.07) is 13.6. The number of hydrazone groups is 1. The lowest BCUT2D eigenvalue weighted by Crippen LogP contribution is -2.01. The van der Waals surface area contributed by atoms with E-state index in [-0.39, 0.29) is 0 Å². The van der Waals surface area contributed by atoms with Gasteiger partial charge in [0.1, 0.15) is 5.75 Å². The Morgan fingerprint density at radius 3 is 2.91 bits per heavy atom. The van der Waals surface area contributed by atoms with Gasteiger partial charge in [-0.2, -0.15) is 5.10 Å². The van der Waals surface area contributed by atoms with E-state index in [1.54, 1.807) is 13.3 Å². The minimum Gasteiger partial charge on any atom is -0.497 e. The molecule has 0 aliphatic heterocycles. The molecule has 6 heteroatoms. The van der Waals surface area contributed by atoms with E-state index in [0.29, 0.717) is 0 Å². The van der Waals surface area contributed by atoms with Crippen LogP contribution in [0.15, 0.2) is 59.1 Å². The smallest absolute Gasteiger partial charge is 0.203 e. The highest BCUT2D eigenvalue weighted by molar-refractivity contribution is 7.14. The lowest BCUT2D eigenvalue weighted by atomic mass is 10.2. The number of aromatic nitrogens is 2. The quantitative estimate of drug-likeness (QED) is 0.568. The molecular weight excluding hydrogens is 308 g/mol. The van der Waals surface area contributed by atoms with Crippen LogP contribution in [0.2, 0.25) is 0 Å². The fourth-order valence-corrected chi connectivity index (χ4v) is 2.67. The maximum Gasteiger partial charge on any atom is 0.203 e. The third-order valence-corrected chi connectivity index (χ3v) is 3.97. The van der Waals surface area contributed by atoms with Crippen LogP contribution in [0.4, 0.5) is 5.13 Å². The van der Waals surface area contributed by atoms with E-state index in [9.17, 15) is 0 Å². The summed E-state index contributed by atoms with van der Waals surface area (Å²) in [6.07, 6.45) is 1.75. The highest BCUT2D eigenvalue weighted by atomic mass is 32.1. The van der Waals surface area contributed by atoms with Crippen LogP contribution in [-0.2, 0) is 0 Å². The molecule has 0 bridgehead atoms. The first-order valence-corrected chi connectivity index (χ1v) is 7.96. The highest BCUT2D eigenvalue weighted by Crippen LogP contribution is 2.27. The molecule has 0 atom stereocenters. The molecule has 116 valence electrons. The van der Waals surface area contributed by atoms with E-state index in [1.807, 2.05) is 54.8 Å². The summed E-state index contributed by atoms with van der Waals surface area (Å²) in [5.74, 6) is 0.814. The highest BCUT2D eigenvalue weighted by Gasteiger charge is 2.05. The van der Waals surface area contributed by atoms with Crippen LogP contribution in [0.3, 0.4) is 0 Å². The van der Waals surface area contributed by atoms with Gasteiger partial charge in [-0.1, -0.05) is 18.2 Å². The maximum absolute atomic E-state index is 5.24. The second-order valence-electron chi connectivity index (χ2n) is 4.79. The number of nitrogens with zero attached hydrogens (tertiary/aromatic N) is 3. The van der Waals surface area contributed by atoms with Gasteiger partial charge in [-0.3, -0.25) is 10.4 Å². The molecule has 23 heavy (non-hydrogen) atoms. The van der Waals surface area contributed by atoms with Crippen molar-refractivity contribution >= 4 is 22.2 Å². The standard InChI is InChI=1S/C17H16N4OS/c1-12(15-8-3-4-9-18-15)20-21-17-19-16(11-23-17)13-6-5-7-14(10-13)22-2/h3-11H,1-2H3,(H,19,21)/b20-12+. The number of hydrogen-bond acceptors (Lipinski definition) is 6. The van der Waals surface area contributed by atoms with E-state index in [1.165, 1.54) is 11.3 Å². The Morgan fingerprint density at radius 1 is 1.22 bits per heavy atom. The van der Waals surface area contributed by atoms with Crippen molar-refractivity contribution in [2.45, 2.75) is 6.92 Å². The zero-order chi connectivity index (χ0) is 16.1. The van der Waals surface area contributed by atoms with Gasteiger partial charge in [0.25, 0.3) is 0 Å². The molecule has 0 saturated carbocycles. The summed E-state index contributed by atoms with van der Waals surface area (Å²) in [7, 11) is 1.66. The summed E-state index contributed by atoms with van der Waals surface area (Å²) in [5, 5.41) is 7.06. The molecule has 0 aliphatic carbocycles. The summed E-state index contributed by atoms with van der Waals surface area (Å²) < 4.78 is 5.24. The van der Waals surface area contributed by atoms with Crippen LogP contribution >= 0.6 is 11.3 Å². The normalized spacial score (nSPS) is 11.3. The Balaban J connectivity index is 1.74. The van der Waals surface area contributed by atoms with Crippen molar-refractivity contribution < 1.29 is 4.74 Å². The van der Waals surface area contributed by atoms with Gasteiger partial charge in [0, 0.05) is 17.1 Å². The van der Waals surface area contributed by atoms with E-state index < -0.39 is 0 Å². The van der Waals surface area contributed by atoms with Gasteiger partial charge < -0.3 is 4.74 Å². The lowest BCUT2D eigenvalue weighted by Gasteiger charge is -2.01. The van der Waals surface area contributed by atoms with Gasteiger partial charge in [-0.25, -0.2) is 4.98 Å². The molecule has 3 aromatic rings. The van der Waals surface area contributed by atoms with Crippen molar-refractivity contribution in [1.29, 1.82) is 0 Å². The lowest BCUT2D eigenvalue weighted by molar-refractivity contribution is 0.415. The van der Waals surface area contributed by atoms with E-state index >= 15 is 0 Å². The second kappa shape index (κ2) is 7.02.